The topological polar surface area (TPSA) is 131 Å². The Labute approximate surface area is 175 Å². The molecule has 11 nitrogen and oxygen atoms in total. The summed E-state index contributed by atoms with van der Waals surface area (Å²) in [5.74, 6) is -0.636. The lowest BCUT2D eigenvalue weighted by atomic mass is 10.1. The van der Waals surface area contributed by atoms with Crippen LogP contribution in [-0.4, -0.2) is 82.7 Å². The average Bonchev–Trinajstić information content (AvgIpc) is 3.01. The van der Waals surface area contributed by atoms with Crippen LogP contribution in [-0.2, 0) is 24.3 Å². The molecule has 0 bridgehead atoms. The first-order valence-electron chi connectivity index (χ1n) is 10.2. The van der Waals surface area contributed by atoms with Crippen LogP contribution in [0.15, 0.2) is 9.59 Å². The minimum absolute atomic E-state index is 0.0603. The Morgan fingerprint density at radius 3 is 1.97 bits per heavy atom. The number of hydrogen-bond donors (Lipinski definition) is 1. The molecule has 0 amide bonds. The quantitative estimate of drug-likeness (QED) is 0.554. The first kappa shape index (κ1) is 22.7. The third-order valence-electron chi connectivity index (χ3n) is 5.90. The van der Waals surface area contributed by atoms with Gasteiger partial charge in [-0.3, -0.25) is 23.6 Å². The molecule has 1 aromatic rings. The molecule has 0 unspecified atom stereocenters. The summed E-state index contributed by atoms with van der Waals surface area (Å²) in [5, 5.41) is 0. The molecule has 2 N–H and O–H groups in total. The third kappa shape index (κ3) is 4.36. The number of nitrogen functional groups attached to an aromatic ring is 1. The molecule has 0 aromatic carbocycles. The second-order valence-electron chi connectivity index (χ2n) is 7.89. The van der Waals surface area contributed by atoms with Crippen molar-refractivity contribution in [1.82, 2.24) is 22.6 Å². The fraction of sp³-hybridized carbons (Fsp3) is 0.722. The lowest BCUT2D eigenvalue weighted by molar-refractivity contribution is 0.0897. The second kappa shape index (κ2) is 9.00. The number of nitrogens with two attached hydrogens (primary N) is 1. The predicted molar refractivity (Wildman–Crippen MR) is 113 cm³/mol. The molecule has 2 aliphatic heterocycles. The number of piperazine rings is 1. The van der Waals surface area contributed by atoms with Crippen LogP contribution in [0.5, 0.6) is 0 Å². The molecular weight excluding hydrogens is 412 g/mol. The Morgan fingerprint density at radius 1 is 0.867 bits per heavy atom. The summed E-state index contributed by atoms with van der Waals surface area (Å²) < 4.78 is 30.8. The van der Waals surface area contributed by atoms with Gasteiger partial charge in [-0.15, -0.1) is 0 Å². The van der Waals surface area contributed by atoms with Crippen LogP contribution in [0.4, 0.5) is 5.82 Å². The van der Waals surface area contributed by atoms with Crippen molar-refractivity contribution in [3.8, 4) is 0 Å². The Morgan fingerprint density at radius 2 is 1.40 bits per heavy atom. The second-order valence-corrected chi connectivity index (χ2v) is 9.81. The van der Waals surface area contributed by atoms with Gasteiger partial charge in [-0.05, 0) is 12.8 Å². The molecule has 0 spiro atoms. The summed E-state index contributed by atoms with van der Waals surface area (Å²) >= 11 is 0. The van der Waals surface area contributed by atoms with E-state index in [1.165, 1.54) is 18.4 Å². The molecule has 2 fully saturated rings. The molecule has 168 valence electrons. The highest BCUT2D eigenvalue weighted by molar-refractivity contribution is 7.86. The number of carbonyl (C=O) groups excluding carboxylic acids is 1. The zero-order valence-corrected chi connectivity index (χ0v) is 18.4. The van der Waals surface area contributed by atoms with E-state index in [-0.39, 0.29) is 31.0 Å². The molecule has 0 atom stereocenters. The normalized spacial score (nSPS) is 20.2. The summed E-state index contributed by atoms with van der Waals surface area (Å²) in [6.45, 7) is 2.37. The van der Waals surface area contributed by atoms with Crippen molar-refractivity contribution in [3.05, 3.63) is 26.4 Å². The van der Waals surface area contributed by atoms with Crippen molar-refractivity contribution in [2.24, 2.45) is 14.1 Å². The number of carbonyl (C=O) groups is 1. The number of hydrogen-bond acceptors (Lipinski definition) is 7. The predicted octanol–water partition coefficient (Wildman–Crippen LogP) is -1.41. The van der Waals surface area contributed by atoms with Gasteiger partial charge >= 0.3 is 5.69 Å². The maximum Gasteiger partial charge on any atom is 0.332 e. The highest BCUT2D eigenvalue weighted by Crippen LogP contribution is 2.18. The Kier molecular flexibility index (Phi) is 6.80. The van der Waals surface area contributed by atoms with Crippen molar-refractivity contribution < 1.29 is 13.2 Å². The molecule has 0 saturated carbocycles. The standard InChI is InChI=1S/C18H30N6O5S/c1-20-16(19)15(17(26)21(2)18(20)27)14(25)13-22-9-11-24(12-10-22)30(28,29)23-7-5-3-4-6-8-23/h3-13,19H2,1-2H3. The van der Waals surface area contributed by atoms with Crippen LogP contribution in [0.1, 0.15) is 36.0 Å². The van der Waals surface area contributed by atoms with Gasteiger partial charge in [-0.1, -0.05) is 12.8 Å². The zero-order chi connectivity index (χ0) is 22.1. The lowest BCUT2D eigenvalue weighted by Gasteiger charge is -2.36. The highest BCUT2D eigenvalue weighted by atomic mass is 32.2. The fourth-order valence-corrected chi connectivity index (χ4v) is 5.63. The summed E-state index contributed by atoms with van der Waals surface area (Å²) in [4.78, 5) is 38.8. The van der Waals surface area contributed by atoms with Crippen molar-refractivity contribution in [2.45, 2.75) is 25.7 Å². The van der Waals surface area contributed by atoms with Gasteiger partial charge in [-0.2, -0.15) is 17.0 Å². The van der Waals surface area contributed by atoms with Gasteiger partial charge in [0.15, 0.2) is 5.78 Å². The van der Waals surface area contributed by atoms with Crippen LogP contribution in [0, 0.1) is 0 Å². The van der Waals surface area contributed by atoms with Crippen molar-refractivity contribution in [3.63, 3.8) is 0 Å². The largest absolute Gasteiger partial charge is 0.384 e. The smallest absolute Gasteiger partial charge is 0.332 e. The summed E-state index contributed by atoms with van der Waals surface area (Å²) in [6.07, 6.45) is 3.86. The molecule has 3 heterocycles. The minimum atomic E-state index is -3.50. The summed E-state index contributed by atoms with van der Waals surface area (Å²) in [7, 11) is -0.796. The van der Waals surface area contributed by atoms with E-state index >= 15 is 0 Å². The number of rotatable bonds is 5. The van der Waals surface area contributed by atoms with E-state index in [2.05, 4.69) is 0 Å². The number of Topliss-reactive ketones (excluding diaryl/α,β-unsaturated/α-hetero) is 1. The summed E-state index contributed by atoms with van der Waals surface area (Å²) in [5.41, 5.74) is 4.33. The van der Waals surface area contributed by atoms with Crippen LogP contribution in [0.3, 0.4) is 0 Å². The van der Waals surface area contributed by atoms with E-state index in [1.54, 1.807) is 9.21 Å². The van der Waals surface area contributed by atoms with Gasteiger partial charge < -0.3 is 5.73 Å². The van der Waals surface area contributed by atoms with E-state index in [1.807, 2.05) is 0 Å². The monoisotopic (exact) mass is 442 g/mol. The average molecular weight is 443 g/mol. The Balaban J connectivity index is 1.66. The number of ketones is 1. The van der Waals surface area contributed by atoms with E-state index in [0.29, 0.717) is 26.2 Å². The first-order chi connectivity index (χ1) is 14.1. The fourth-order valence-electron chi connectivity index (χ4n) is 3.96. The van der Waals surface area contributed by atoms with Crippen LogP contribution in [0.2, 0.25) is 0 Å². The lowest BCUT2D eigenvalue weighted by Crippen LogP contribution is -2.54. The van der Waals surface area contributed by atoms with Crippen LogP contribution < -0.4 is 17.0 Å². The van der Waals surface area contributed by atoms with Crippen LogP contribution >= 0.6 is 0 Å². The van der Waals surface area contributed by atoms with Gasteiger partial charge in [0.2, 0.25) is 0 Å². The van der Waals surface area contributed by atoms with E-state index in [9.17, 15) is 22.8 Å². The SMILES string of the molecule is Cn1c(N)c(C(=O)CN2CCN(S(=O)(=O)N3CCCCCC3)CC2)c(=O)n(C)c1=O. The van der Waals surface area contributed by atoms with Gasteiger partial charge in [0.25, 0.3) is 15.8 Å². The van der Waals surface area contributed by atoms with Gasteiger partial charge in [0, 0.05) is 53.4 Å². The molecule has 3 rings (SSSR count). The molecule has 12 heteroatoms. The van der Waals surface area contributed by atoms with E-state index in [0.717, 1.165) is 34.8 Å². The number of aromatic nitrogens is 2. The minimum Gasteiger partial charge on any atom is -0.384 e. The van der Waals surface area contributed by atoms with Gasteiger partial charge in [0.05, 0.1) is 6.54 Å². The number of nitrogens with zero attached hydrogens (tertiary/aromatic N) is 5. The van der Waals surface area contributed by atoms with Crippen molar-refractivity contribution in [1.29, 1.82) is 0 Å². The zero-order valence-electron chi connectivity index (χ0n) is 17.5. The van der Waals surface area contributed by atoms with Crippen molar-refractivity contribution in [2.75, 3.05) is 51.5 Å². The highest BCUT2D eigenvalue weighted by Gasteiger charge is 2.33. The molecule has 0 radical (unpaired) electrons. The number of anilines is 1. The Bertz CT molecular complexity index is 1010. The molecule has 2 saturated heterocycles. The molecule has 2 aliphatic rings. The summed E-state index contributed by atoms with van der Waals surface area (Å²) in [6, 6.07) is 0. The maximum absolute atomic E-state index is 12.9. The Hall–Kier alpha value is -2.02. The van der Waals surface area contributed by atoms with Crippen LogP contribution in [0.25, 0.3) is 0 Å². The van der Waals surface area contributed by atoms with E-state index < -0.39 is 27.2 Å². The molecule has 1 aromatic heterocycles. The first-order valence-corrected chi connectivity index (χ1v) is 11.6. The third-order valence-corrected chi connectivity index (χ3v) is 7.94. The molecular formula is C18H30N6O5S. The van der Waals surface area contributed by atoms with Crippen molar-refractivity contribution >= 4 is 21.8 Å². The molecule has 30 heavy (non-hydrogen) atoms. The molecule has 0 aliphatic carbocycles. The van der Waals surface area contributed by atoms with Gasteiger partial charge in [0.1, 0.15) is 11.4 Å². The van der Waals surface area contributed by atoms with E-state index in [4.69, 9.17) is 5.73 Å². The van der Waals surface area contributed by atoms with Gasteiger partial charge in [-0.25, -0.2) is 4.79 Å². The maximum atomic E-state index is 12.9.